The number of benzene rings is 1. The van der Waals surface area contributed by atoms with Crippen molar-refractivity contribution in [3.63, 3.8) is 0 Å². The zero-order chi connectivity index (χ0) is 19.0. The molecule has 1 aromatic carbocycles. The van der Waals surface area contributed by atoms with Crippen LogP contribution in [0, 0.1) is 0 Å². The first-order valence-electron chi connectivity index (χ1n) is 8.94. The second-order valence-electron chi connectivity index (χ2n) is 7.67. The molecule has 4 rings (SSSR count). The van der Waals surface area contributed by atoms with Gasteiger partial charge in [0.05, 0.1) is 6.20 Å². The molecule has 27 heavy (non-hydrogen) atoms. The second kappa shape index (κ2) is 6.43. The number of anilines is 1. The molecule has 0 spiro atoms. The van der Waals surface area contributed by atoms with Crippen molar-refractivity contribution in [1.82, 2.24) is 14.4 Å². The predicted molar refractivity (Wildman–Crippen MR) is 108 cm³/mol. The van der Waals surface area contributed by atoms with E-state index in [4.69, 9.17) is 0 Å². The first-order chi connectivity index (χ1) is 12.9. The lowest BCUT2D eigenvalue weighted by atomic mass is 9.87. The number of nitrogens with zero attached hydrogens (tertiary/aromatic N) is 2. The molecule has 0 radical (unpaired) electrons. The van der Waals surface area contributed by atoms with Crippen molar-refractivity contribution < 1.29 is 4.79 Å². The Bertz CT molecular complexity index is 1080. The molecule has 5 heteroatoms. The minimum Gasteiger partial charge on any atom is -0.361 e. The van der Waals surface area contributed by atoms with Crippen LogP contribution in [0.15, 0.2) is 67.1 Å². The van der Waals surface area contributed by atoms with Crippen molar-refractivity contribution in [2.45, 2.75) is 26.2 Å². The molecule has 0 saturated carbocycles. The third-order valence-electron chi connectivity index (χ3n) is 4.61. The Labute approximate surface area is 158 Å². The molecule has 0 fully saturated rings. The number of imidazole rings is 1. The quantitative estimate of drug-likeness (QED) is 0.548. The third kappa shape index (κ3) is 3.49. The zero-order valence-corrected chi connectivity index (χ0v) is 15.7. The number of rotatable bonds is 3. The molecule has 3 heterocycles. The number of H-pyrrole nitrogens is 1. The Hall–Kier alpha value is -3.34. The van der Waals surface area contributed by atoms with Crippen LogP contribution in [0.5, 0.6) is 0 Å². The molecule has 2 N–H and O–H groups in total. The summed E-state index contributed by atoms with van der Waals surface area (Å²) in [6, 6.07) is 15.6. The minimum absolute atomic E-state index is 0.0629. The van der Waals surface area contributed by atoms with E-state index in [9.17, 15) is 4.79 Å². The molecule has 1 amide bonds. The van der Waals surface area contributed by atoms with Crippen LogP contribution in [0.25, 0.3) is 16.9 Å². The molecular weight excluding hydrogens is 336 g/mol. The van der Waals surface area contributed by atoms with Crippen LogP contribution in [-0.4, -0.2) is 20.3 Å². The SMILES string of the molecule is CC(C)(C)c1ccc(C(=O)Nc2cn3cc(-c4ccc[nH]4)ccc3n2)cc1. The van der Waals surface area contributed by atoms with Crippen LogP contribution in [0.4, 0.5) is 5.82 Å². The van der Waals surface area contributed by atoms with Gasteiger partial charge in [0.1, 0.15) is 5.65 Å². The van der Waals surface area contributed by atoms with Gasteiger partial charge in [-0.2, -0.15) is 0 Å². The van der Waals surface area contributed by atoms with Crippen molar-refractivity contribution in [1.29, 1.82) is 0 Å². The van der Waals surface area contributed by atoms with Gasteiger partial charge in [0.2, 0.25) is 0 Å². The highest BCUT2D eigenvalue weighted by Crippen LogP contribution is 2.23. The van der Waals surface area contributed by atoms with E-state index in [1.165, 1.54) is 5.56 Å². The minimum atomic E-state index is -0.163. The molecule has 0 aliphatic heterocycles. The maximum atomic E-state index is 12.5. The van der Waals surface area contributed by atoms with Gasteiger partial charge >= 0.3 is 0 Å². The van der Waals surface area contributed by atoms with E-state index in [2.05, 4.69) is 36.1 Å². The zero-order valence-electron chi connectivity index (χ0n) is 15.7. The number of carbonyl (C=O) groups excluding carboxylic acids is 1. The van der Waals surface area contributed by atoms with Gasteiger partial charge in [-0.3, -0.25) is 4.79 Å². The Morgan fingerprint density at radius 1 is 1.04 bits per heavy atom. The van der Waals surface area contributed by atoms with Gasteiger partial charge < -0.3 is 14.7 Å². The van der Waals surface area contributed by atoms with Crippen molar-refractivity contribution in [2.75, 3.05) is 5.32 Å². The van der Waals surface area contributed by atoms with Gasteiger partial charge in [-0.1, -0.05) is 32.9 Å². The van der Waals surface area contributed by atoms with Gasteiger partial charge in [-0.25, -0.2) is 4.98 Å². The first-order valence-corrected chi connectivity index (χ1v) is 8.94. The van der Waals surface area contributed by atoms with E-state index < -0.39 is 0 Å². The van der Waals surface area contributed by atoms with Crippen LogP contribution < -0.4 is 5.32 Å². The van der Waals surface area contributed by atoms with E-state index >= 15 is 0 Å². The molecular formula is C22H22N4O. The maximum absolute atomic E-state index is 12.5. The first kappa shape index (κ1) is 17.1. The molecule has 0 bridgehead atoms. The highest BCUT2D eigenvalue weighted by molar-refractivity contribution is 6.03. The predicted octanol–water partition coefficient (Wildman–Crippen LogP) is 4.88. The normalized spacial score (nSPS) is 11.7. The molecule has 0 atom stereocenters. The molecule has 136 valence electrons. The number of aromatic amines is 1. The Balaban J connectivity index is 1.55. The summed E-state index contributed by atoms with van der Waals surface area (Å²) in [5, 5.41) is 2.88. The van der Waals surface area contributed by atoms with Crippen LogP contribution >= 0.6 is 0 Å². The van der Waals surface area contributed by atoms with Crippen LogP contribution in [0.2, 0.25) is 0 Å². The average Bonchev–Trinajstić information content (AvgIpc) is 3.29. The van der Waals surface area contributed by atoms with Gasteiger partial charge in [-0.15, -0.1) is 0 Å². The lowest BCUT2D eigenvalue weighted by molar-refractivity contribution is 0.102. The fourth-order valence-electron chi connectivity index (χ4n) is 3.03. The average molecular weight is 358 g/mol. The fourth-order valence-corrected chi connectivity index (χ4v) is 3.03. The van der Waals surface area contributed by atoms with Crippen LogP contribution in [0.1, 0.15) is 36.7 Å². The van der Waals surface area contributed by atoms with Gasteiger partial charge in [-0.05, 0) is 47.4 Å². The molecule has 0 saturated heterocycles. The van der Waals surface area contributed by atoms with Crippen molar-refractivity contribution in [3.8, 4) is 11.3 Å². The highest BCUT2D eigenvalue weighted by Gasteiger charge is 2.15. The molecule has 0 unspecified atom stereocenters. The van der Waals surface area contributed by atoms with Crippen LogP contribution in [-0.2, 0) is 5.41 Å². The smallest absolute Gasteiger partial charge is 0.256 e. The van der Waals surface area contributed by atoms with Crippen molar-refractivity contribution in [2.24, 2.45) is 0 Å². The lowest BCUT2D eigenvalue weighted by Gasteiger charge is -2.18. The number of hydrogen-bond acceptors (Lipinski definition) is 2. The summed E-state index contributed by atoms with van der Waals surface area (Å²) in [6.45, 7) is 6.46. The summed E-state index contributed by atoms with van der Waals surface area (Å²) in [7, 11) is 0. The molecule has 0 aliphatic carbocycles. The van der Waals surface area contributed by atoms with Crippen molar-refractivity contribution >= 4 is 17.4 Å². The fraction of sp³-hybridized carbons (Fsp3) is 0.182. The second-order valence-corrected chi connectivity index (χ2v) is 7.67. The summed E-state index contributed by atoms with van der Waals surface area (Å²) in [5.74, 6) is 0.368. The number of carbonyl (C=O) groups is 1. The summed E-state index contributed by atoms with van der Waals surface area (Å²) in [4.78, 5) is 20.2. The Kier molecular flexibility index (Phi) is 4.07. The number of aromatic nitrogens is 3. The topological polar surface area (TPSA) is 62.2 Å². The van der Waals surface area contributed by atoms with Crippen molar-refractivity contribution in [3.05, 3.63) is 78.2 Å². The van der Waals surface area contributed by atoms with Gasteiger partial charge in [0.25, 0.3) is 5.91 Å². The van der Waals surface area contributed by atoms with Crippen LogP contribution in [0.3, 0.4) is 0 Å². The number of pyridine rings is 1. The summed E-state index contributed by atoms with van der Waals surface area (Å²) in [5.41, 5.74) is 4.75. The Morgan fingerprint density at radius 3 is 2.48 bits per heavy atom. The highest BCUT2D eigenvalue weighted by atomic mass is 16.1. The van der Waals surface area contributed by atoms with Gasteiger partial charge in [0, 0.05) is 29.2 Å². The molecule has 3 aromatic heterocycles. The summed E-state index contributed by atoms with van der Waals surface area (Å²) in [6.07, 6.45) is 5.70. The maximum Gasteiger partial charge on any atom is 0.256 e. The molecule has 0 aliphatic rings. The third-order valence-corrected chi connectivity index (χ3v) is 4.61. The Morgan fingerprint density at radius 2 is 1.81 bits per heavy atom. The monoisotopic (exact) mass is 358 g/mol. The number of nitrogens with one attached hydrogen (secondary N) is 2. The summed E-state index contributed by atoms with van der Waals surface area (Å²) < 4.78 is 1.91. The molecule has 5 nitrogen and oxygen atoms in total. The van der Waals surface area contributed by atoms with E-state index in [-0.39, 0.29) is 11.3 Å². The largest absolute Gasteiger partial charge is 0.361 e. The summed E-state index contributed by atoms with van der Waals surface area (Å²) >= 11 is 0. The van der Waals surface area contributed by atoms with E-state index in [1.807, 2.05) is 71.5 Å². The standard InChI is InChI=1S/C22H22N4O/c1-22(2,3)17-9-6-15(7-10-17)21(27)25-19-14-26-13-16(8-11-20(26)24-19)18-5-4-12-23-18/h4-14,23H,1-3H3,(H,25,27). The van der Waals surface area contributed by atoms with E-state index in [0.717, 1.165) is 16.9 Å². The van der Waals surface area contributed by atoms with E-state index in [1.54, 1.807) is 0 Å². The van der Waals surface area contributed by atoms with E-state index in [0.29, 0.717) is 11.4 Å². The molecule has 4 aromatic rings. The van der Waals surface area contributed by atoms with Gasteiger partial charge in [0.15, 0.2) is 5.82 Å². The number of amides is 1. The lowest BCUT2D eigenvalue weighted by Crippen LogP contribution is -2.14. The number of fused-ring (bicyclic) bond motifs is 1. The number of hydrogen-bond donors (Lipinski definition) is 2.